The van der Waals surface area contributed by atoms with Gasteiger partial charge in [0.15, 0.2) is 6.61 Å². The van der Waals surface area contributed by atoms with Gasteiger partial charge in [0.05, 0.1) is 24.4 Å². The topological polar surface area (TPSA) is 162 Å². The molecule has 5 rings (SSSR count). The SMILES string of the molecule is COc1ccc2nccc([C@@H](O)CN3CCC(NCc4ccc5c(c4)N(C)C(=O)CO5)CC3)c2c1.O=C(O)C(=O)O. The summed E-state index contributed by atoms with van der Waals surface area (Å²) in [5, 5.41) is 30.4. The lowest BCUT2D eigenvalue weighted by atomic mass is 10.0. The van der Waals surface area contributed by atoms with E-state index in [1.807, 2.05) is 36.4 Å². The molecule has 0 saturated carbocycles. The second kappa shape index (κ2) is 13.4. The number of hydrogen-bond acceptors (Lipinski definition) is 9. The number of hydrogen-bond donors (Lipinski definition) is 4. The fourth-order valence-corrected chi connectivity index (χ4v) is 4.92. The molecule has 0 spiro atoms. The molecule has 3 heterocycles. The molecule has 2 aliphatic rings. The Balaban J connectivity index is 0.000000585. The number of carboxylic acids is 2. The van der Waals surface area contributed by atoms with Crippen LogP contribution in [-0.4, -0.2) is 89.5 Å². The van der Waals surface area contributed by atoms with Gasteiger partial charge in [0.25, 0.3) is 5.91 Å². The predicted molar refractivity (Wildman–Crippen MR) is 150 cm³/mol. The Morgan fingerprint density at radius 1 is 1.12 bits per heavy atom. The molecule has 2 aromatic carbocycles. The summed E-state index contributed by atoms with van der Waals surface area (Å²) in [6, 6.07) is 14.1. The van der Waals surface area contributed by atoms with Crippen molar-refractivity contribution in [2.45, 2.75) is 31.5 Å². The highest BCUT2D eigenvalue weighted by molar-refractivity contribution is 6.27. The normalized spacial score (nSPS) is 16.3. The molecule has 218 valence electrons. The number of pyridine rings is 1. The monoisotopic (exact) mass is 566 g/mol. The van der Waals surface area contributed by atoms with E-state index in [0.29, 0.717) is 12.6 Å². The number of nitrogens with one attached hydrogen (secondary N) is 1. The van der Waals surface area contributed by atoms with Gasteiger partial charge in [-0.15, -0.1) is 0 Å². The van der Waals surface area contributed by atoms with Crippen molar-refractivity contribution in [3.8, 4) is 11.5 Å². The zero-order valence-electron chi connectivity index (χ0n) is 22.9. The summed E-state index contributed by atoms with van der Waals surface area (Å²) < 4.78 is 10.9. The molecule has 41 heavy (non-hydrogen) atoms. The van der Waals surface area contributed by atoms with Crippen molar-refractivity contribution in [2.24, 2.45) is 0 Å². The van der Waals surface area contributed by atoms with Crippen molar-refractivity contribution in [1.29, 1.82) is 0 Å². The van der Waals surface area contributed by atoms with Crippen LogP contribution in [0.3, 0.4) is 0 Å². The van der Waals surface area contributed by atoms with Gasteiger partial charge in [0, 0.05) is 37.8 Å². The fourth-order valence-electron chi connectivity index (χ4n) is 4.92. The molecule has 12 heteroatoms. The molecular formula is C29H34N4O8. The lowest BCUT2D eigenvalue weighted by Gasteiger charge is -2.34. The number of carbonyl (C=O) groups is 3. The number of fused-ring (bicyclic) bond motifs is 2. The summed E-state index contributed by atoms with van der Waals surface area (Å²) in [5.41, 5.74) is 3.70. The van der Waals surface area contributed by atoms with E-state index in [-0.39, 0.29) is 12.5 Å². The molecule has 1 aromatic heterocycles. The van der Waals surface area contributed by atoms with Gasteiger partial charge in [-0.1, -0.05) is 6.07 Å². The second-order valence-electron chi connectivity index (χ2n) is 9.91. The number of aliphatic hydroxyl groups is 1. The summed E-state index contributed by atoms with van der Waals surface area (Å²) in [4.78, 5) is 38.5. The number of methoxy groups -OCH3 is 1. The summed E-state index contributed by atoms with van der Waals surface area (Å²) in [6.07, 6.45) is 3.20. The van der Waals surface area contributed by atoms with Gasteiger partial charge >= 0.3 is 11.9 Å². The minimum Gasteiger partial charge on any atom is -0.497 e. The van der Waals surface area contributed by atoms with Gasteiger partial charge in [-0.25, -0.2) is 9.59 Å². The zero-order valence-corrected chi connectivity index (χ0v) is 22.9. The molecule has 1 amide bonds. The number of likely N-dealkylation sites (tertiary alicyclic amines) is 1. The molecule has 1 atom stereocenters. The standard InChI is InChI=1S/C27H32N4O4.C2H2O4/c1-30-24-13-18(3-6-26(24)35-17-27(30)33)15-29-19-8-11-31(12-9-19)16-25(32)21-7-10-28-23-5-4-20(34-2)14-22(21)23;3-1(4)2(5)6/h3-7,10,13-14,19,25,29,32H,8-9,11-12,15-17H2,1-2H3;(H,3,4)(H,5,6)/t25-;/m0./s1. The van der Waals surface area contributed by atoms with E-state index < -0.39 is 18.0 Å². The number of anilines is 1. The van der Waals surface area contributed by atoms with Gasteiger partial charge in [-0.05, 0) is 73.5 Å². The minimum atomic E-state index is -1.82. The number of nitrogens with zero attached hydrogens (tertiary/aromatic N) is 3. The first-order valence-corrected chi connectivity index (χ1v) is 13.2. The number of piperidine rings is 1. The van der Waals surface area contributed by atoms with Crippen molar-refractivity contribution < 1.29 is 39.2 Å². The molecule has 1 saturated heterocycles. The van der Waals surface area contributed by atoms with Gasteiger partial charge < -0.3 is 39.9 Å². The molecule has 0 radical (unpaired) electrons. The Bertz CT molecular complexity index is 1390. The van der Waals surface area contributed by atoms with Crippen LogP contribution in [0.5, 0.6) is 11.5 Å². The van der Waals surface area contributed by atoms with Crippen LogP contribution in [0.4, 0.5) is 5.69 Å². The van der Waals surface area contributed by atoms with Crippen molar-refractivity contribution in [3.05, 3.63) is 59.8 Å². The highest BCUT2D eigenvalue weighted by Gasteiger charge is 2.24. The highest BCUT2D eigenvalue weighted by atomic mass is 16.5. The number of rotatable bonds is 7. The van der Waals surface area contributed by atoms with Gasteiger partial charge in [-0.2, -0.15) is 0 Å². The number of carboxylic acid groups (broad SMARTS) is 2. The van der Waals surface area contributed by atoms with Crippen LogP contribution in [0.1, 0.15) is 30.1 Å². The second-order valence-corrected chi connectivity index (χ2v) is 9.91. The van der Waals surface area contributed by atoms with Crippen molar-refractivity contribution >= 4 is 34.4 Å². The first-order chi connectivity index (χ1) is 19.7. The lowest BCUT2D eigenvalue weighted by molar-refractivity contribution is -0.159. The van der Waals surface area contributed by atoms with Gasteiger partial charge in [0.1, 0.15) is 11.5 Å². The van der Waals surface area contributed by atoms with Crippen LogP contribution in [0, 0.1) is 0 Å². The summed E-state index contributed by atoms with van der Waals surface area (Å²) in [6.45, 7) is 3.29. The van der Waals surface area contributed by atoms with Crippen LogP contribution < -0.4 is 19.7 Å². The summed E-state index contributed by atoms with van der Waals surface area (Å²) >= 11 is 0. The Kier molecular flexibility index (Phi) is 9.71. The number of carbonyl (C=O) groups excluding carboxylic acids is 1. The Morgan fingerprint density at radius 3 is 2.54 bits per heavy atom. The number of β-amino-alcohol motifs (C(OH)–C–C–N with tert-alkyl or cyclic N) is 1. The molecule has 4 N–H and O–H groups in total. The number of benzene rings is 2. The van der Waals surface area contributed by atoms with E-state index in [1.165, 1.54) is 0 Å². The van der Waals surface area contributed by atoms with Gasteiger partial charge in [0.2, 0.25) is 0 Å². The quantitative estimate of drug-likeness (QED) is 0.310. The Hall–Kier alpha value is -4.26. The largest absolute Gasteiger partial charge is 0.497 e. The minimum absolute atomic E-state index is 0.0314. The van der Waals surface area contributed by atoms with Crippen molar-refractivity contribution in [2.75, 3.05) is 45.3 Å². The number of amides is 1. The molecular weight excluding hydrogens is 532 g/mol. The van der Waals surface area contributed by atoms with Crippen LogP contribution in [0.25, 0.3) is 10.9 Å². The molecule has 2 aliphatic heterocycles. The van der Waals surface area contributed by atoms with Crippen LogP contribution in [0.15, 0.2) is 48.7 Å². The molecule has 0 bridgehead atoms. The van der Waals surface area contributed by atoms with E-state index in [1.54, 1.807) is 25.3 Å². The van der Waals surface area contributed by atoms with Crippen LogP contribution in [-0.2, 0) is 20.9 Å². The molecule has 0 aliphatic carbocycles. The Morgan fingerprint density at radius 2 is 1.85 bits per heavy atom. The fraction of sp³-hybridized carbons (Fsp3) is 0.379. The maximum absolute atomic E-state index is 11.9. The van der Waals surface area contributed by atoms with Crippen LogP contribution in [0.2, 0.25) is 0 Å². The van der Waals surface area contributed by atoms with E-state index >= 15 is 0 Å². The van der Waals surface area contributed by atoms with E-state index in [9.17, 15) is 9.90 Å². The third-order valence-corrected chi connectivity index (χ3v) is 7.25. The van der Waals surface area contributed by atoms with E-state index in [2.05, 4.69) is 21.3 Å². The maximum atomic E-state index is 11.9. The molecule has 12 nitrogen and oxygen atoms in total. The number of aliphatic hydroxyl groups excluding tert-OH is 1. The average molecular weight is 567 g/mol. The lowest BCUT2D eigenvalue weighted by Crippen LogP contribution is -2.43. The highest BCUT2D eigenvalue weighted by Crippen LogP contribution is 2.32. The summed E-state index contributed by atoms with van der Waals surface area (Å²) in [5.74, 6) is -2.17. The number of likely N-dealkylation sites (N-methyl/N-ethyl adjacent to an activating group) is 1. The third kappa shape index (κ3) is 7.48. The molecule has 3 aromatic rings. The maximum Gasteiger partial charge on any atom is 0.414 e. The summed E-state index contributed by atoms with van der Waals surface area (Å²) in [7, 11) is 3.43. The van der Waals surface area contributed by atoms with Crippen molar-refractivity contribution in [3.63, 3.8) is 0 Å². The Labute approximate surface area is 237 Å². The van der Waals surface area contributed by atoms with Crippen molar-refractivity contribution in [1.82, 2.24) is 15.2 Å². The first kappa shape index (κ1) is 29.7. The average Bonchev–Trinajstić information content (AvgIpc) is 2.98. The molecule has 1 fully saturated rings. The predicted octanol–water partition coefficient (Wildman–Crippen LogP) is 2.04. The zero-order chi connectivity index (χ0) is 29.5. The van der Waals surface area contributed by atoms with E-state index in [4.69, 9.17) is 29.3 Å². The van der Waals surface area contributed by atoms with E-state index in [0.717, 1.165) is 71.7 Å². The number of aliphatic carboxylic acids is 2. The molecule has 0 unspecified atom stereocenters. The first-order valence-electron chi connectivity index (χ1n) is 13.2. The number of ether oxygens (including phenoxy) is 2. The third-order valence-electron chi connectivity index (χ3n) is 7.25. The number of aromatic nitrogens is 1. The smallest absolute Gasteiger partial charge is 0.414 e. The van der Waals surface area contributed by atoms with Crippen LogP contribution >= 0.6 is 0 Å². The van der Waals surface area contributed by atoms with Gasteiger partial charge in [-0.3, -0.25) is 9.78 Å².